The summed E-state index contributed by atoms with van der Waals surface area (Å²) in [7, 11) is 1.73. The summed E-state index contributed by atoms with van der Waals surface area (Å²) < 4.78 is 0.621. The quantitative estimate of drug-likeness (QED) is 0.780. The zero-order chi connectivity index (χ0) is 15.5. The Morgan fingerprint density at radius 3 is 3.00 bits per heavy atom. The highest BCUT2D eigenvalue weighted by atomic mass is 32.1. The maximum Gasteiger partial charge on any atom is 0.268 e. The largest absolute Gasteiger partial charge is 0.338 e. The summed E-state index contributed by atoms with van der Waals surface area (Å²) in [5, 5.41) is 5.90. The average Bonchev–Trinajstić information content (AvgIpc) is 3.15. The number of nitrogens with zero attached hydrogens (tertiary/aromatic N) is 2. The third kappa shape index (κ3) is 3.26. The molecule has 0 unspecified atom stereocenters. The van der Waals surface area contributed by atoms with Crippen molar-refractivity contribution in [1.82, 2.24) is 14.9 Å². The van der Waals surface area contributed by atoms with E-state index >= 15 is 0 Å². The monoisotopic (exact) mass is 333 g/mol. The number of carbonyl (C=O) groups is 1. The first-order chi connectivity index (χ1) is 10.6. The molecule has 3 heterocycles. The maximum atomic E-state index is 12.2. The molecule has 0 aliphatic heterocycles. The lowest BCUT2D eigenvalue weighted by molar-refractivity contribution is -0.130. The van der Waals surface area contributed by atoms with Gasteiger partial charge in [-0.1, -0.05) is 0 Å². The van der Waals surface area contributed by atoms with Crippen LogP contribution in [0.5, 0.6) is 0 Å². The van der Waals surface area contributed by atoms with Gasteiger partial charge < -0.3 is 9.88 Å². The number of aryl methyl sites for hydroxylation is 1. The number of hydrogen-bond donors (Lipinski definition) is 1. The fourth-order valence-electron chi connectivity index (χ4n) is 2.19. The summed E-state index contributed by atoms with van der Waals surface area (Å²) in [6, 6.07) is 3.85. The third-order valence-electron chi connectivity index (χ3n) is 3.38. The number of carbonyl (C=O) groups excluding carboxylic acids is 1. The second kappa shape index (κ2) is 6.41. The Balaban J connectivity index is 1.65. The molecule has 5 nitrogen and oxygen atoms in total. The van der Waals surface area contributed by atoms with Gasteiger partial charge in [-0.25, -0.2) is 4.98 Å². The van der Waals surface area contributed by atoms with Gasteiger partial charge in [0.25, 0.3) is 5.56 Å². The summed E-state index contributed by atoms with van der Waals surface area (Å²) >= 11 is 3.00. The predicted molar refractivity (Wildman–Crippen MR) is 89.4 cm³/mol. The number of fused-ring (bicyclic) bond motifs is 1. The zero-order valence-electron chi connectivity index (χ0n) is 12.0. The second-order valence-electron chi connectivity index (χ2n) is 5.03. The van der Waals surface area contributed by atoms with E-state index in [0.717, 1.165) is 6.42 Å². The van der Waals surface area contributed by atoms with Crippen LogP contribution in [0.3, 0.4) is 0 Å². The highest BCUT2D eigenvalue weighted by Gasteiger charge is 2.12. The minimum atomic E-state index is -0.144. The Bertz CT molecular complexity index is 836. The van der Waals surface area contributed by atoms with E-state index in [9.17, 15) is 9.59 Å². The number of H-pyrrole nitrogens is 1. The number of hydrogen-bond acceptors (Lipinski definition) is 5. The first-order valence-electron chi connectivity index (χ1n) is 6.85. The normalized spacial score (nSPS) is 11.0. The molecule has 0 atom stereocenters. The number of rotatable bonds is 5. The SMILES string of the molecule is CN(Cc1nc2ccsc2c(=O)[nH]1)C(=O)CCc1ccsc1. The molecule has 0 bridgehead atoms. The number of nitrogens with one attached hydrogen (secondary N) is 1. The summed E-state index contributed by atoms with van der Waals surface area (Å²) in [5.41, 5.74) is 1.72. The molecule has 0 saturated carbocycles. The Morgan fingerprint density at radius 2 is 2.23 bits per heavy atom. The van der Waals surface area contributed by atoms with Crippen LogP contribution in [0.4, 0.5) is 0 Å². The number of aromatic amines is 1. The molecule has 0 radical (unpaired) electrons. The first kappa shape index (κ1) is 14.9. The van der Waals surface area contributed by atoms with E-state index < -0.39 is 0 Å². The Hall–Kier alpha value is -1.99. The highest BCUT2D eigenvalue weighted by Crippen LogP contribution is 2.14. The van der Waals surface area contributed by atoms with Gasteiger partial charge in [-0.3, -0.25) is 9.59 Å². The van der Waals surface area contributed by atoms with Crippen molar-refractivity contribution in [3.63, 3.8) is 0 Å². The lowest BCUT2D eigenvalue weighted by Gasteiger charge is -2.16. The van der Waals surface area contributed by atoms with Crippen LogP contribution in [-0.2, 0) is 17.8 Å². The van der Waals surface area contributed by atoms with Crippen LogP contribution in [0.25, 0.3) is 10.2 Å². The number of aromatic nitrogens is 2. The van der Waals surface area contributed by atoms with Crippen molar-refractivity contribution in [2.45, 2.75) is 19.4 Å². The molecular weight excluding hydrogens is 318 g/mol. The summed E-state index contributed by atoms with van der Waals surface area (Å²) in [6.07, 6.45) is 1.19. The third-order valence-corrected chi connectivity index (χ3v) is 5.02. The van der Waals surface area contributed by atoms with Gasteiger partial charge in [-0.15, -0.1) is 11.3 Å². The molecule has 0 saturated heterocycles. The van der Waals surface area contributed by atoms with Crippen LogP contribution in [0.15, 0.2) is 33.1 Å². The molecule has 22 heavy (non-hydrogen) atoms. The van der Waals surface area contributed by atoms with Crippen LogP contribution in [0, 0.1) is 0 Å². The van der Waals surface area contributed by atoms with Gasteiger partial charge in [0.05, 0.1) is 12.1 Å². The first-order valence-corrected chi connectivity index (χ1v) is 8.67. The van der Waals surface area contributed by atoms with Gasteiger partial charge in [0.15, 0.2) is 0 Å². The van der Waals surface area contributed by atoms with Crippen molar-refractivity contribution in [2.75, 3.05) is 7.05 Å². The van der Waals surface area contributed by atoms with Crippen molar-refractivity contribution in [3.05, 3.63) is 50.0 Å². The standard InChI is InChI=1S/C15H15N3O2S2/c1-18(13(19)3-2-10-4-6-21-9-10)8-12-16-11-5-7-22-14(11)15(20)17-12/h4-7,9H,2-3,8H2,1H3,(H,16,17,20). The van der Waals surface area contributed by atoms with E-state index in [2.05, 4.69) is 15.3 Å². The molecule has 1 N–H and O–H groups in total. The van der Waals surface area contributed by atoms with Gasteiger partial charge in [-0.05, 0) is 40.3 Å². The minimum absolute atomic E-state index is 0.0410. The van der Waals surface area contributed by atoms with Crippen LogP contribution in [-0.4, -0.2) is 27.8 Å². The minimum Gasteiger partial charge on any atom is -0.338 e. The summed E-state index contributed by atoms with van der Waals surface area (Å²) in [5.74, 6) is 0.557. The molecule has 0 spiro atoms. The fourth-order valence-corrected chi connectivity index (χ4v) is 3.62. The molecule has 0 aliphatic carbocycles. The van der Waals surface area contributed by atoms with E-state index in [-0.39, 0.29) is 11.5 Å². The Kier molecular flexibility index (Phi) is 4.35. The van der Waals surface area contributed by atoms with Gasteiger partial charge in [0.1, 0.15) is 10.5 Å². The average molecular weight is 333 g/mol. The van der Waals surface area contributed by atoms with E-state index in [0.29, 0.717) is 29.0 Å². The topological polar surface area (TPSA) is 66.1 Å². The van der Waals surface area contributed by atoms with Gasteiger partial charge in [0.2, 0.25) is 5.91 Å². The second-order valence-corrected chi connectivity index (χ2v) is 6.73. The lowest BCUT2D eigenvalue weighted by Crippen LogP contribution is -2.28. The molecule has 0 aromatic carbocycles. The van der Waals surface area contributed by atoms with E-state index in [4.69, 9.17) is 0 Å². The molecular formula is C15H15N3O2S2. The zero-order valence-corrected chi connectivity index (χ0v) is 13.7. The van der Waals surface area contributed by atoms with Crippen LogP contribution in [0.2, 0.25) is 0 Å². The van der Waals surface area contributed by atoms with Crippen molar-refractivity contribution in [1.29, 1.82) is 0 Å². The van der Waals surface area contributed by atoms with Crippen molar-refractivity contribution < 1.29 is 4.79 Å². The predicted octanol–water partition coefficient (Wildman–Crippen LogP) is 2.64. The molecule has 3 aromatic heterocycles. The van der Waals surface area contributed by atoms with Gasteiger partial charge >= 0.3 is 0 Å². The van der Waals surface area contributed by atoms with Crippen LogP contribution >= 0.6 is 22.7 Å². The van der Waals surface area contributed by atoms with Gasteiger partial charge in [-0.2, -0.15) is 11.3 Å². The summed E-state index contributed by atoms with van der Waals surface area (Å²) in [6.45, 7) is 0.309. The lowest BCUT2D eigenvalue weighted by atomic mass is 10.2. The van der Waals surface area contributed by atoms with Crippen molar-refractivity contribution in [2.24, 2.45) is 0 Å². The summed E-state index contributed by atoms with van der Waals surface area (Å²) in [4.78, 5) is 32.8. The van der Waals surface area contributed by atoms with Gasteiger partial charge in [0, 0.05) is 13.5 Å². The highest BCUT2D eigenvalue weighted by molar-refractivity contribution is 7.17. The van der Waals surface area contributed by atoms with Crippen LogP contribution < -0.4 is 5.56 Å². The fraction of sp³-hybridized carbons (Fsp3) is 0.267. The number of amides is 1. The number of thiophene rings is 2. The van der Waals surface area contributed by atoms with E-state index in [1.807, 2.05) is 22.9 Å². The maximum absolute atomic E-state index is 12.2. The van der Waals surface area contributed by atoms with Crippen molar-refractivity contribution in [3.8, 4) is 0 Å². The molecule has 3 rings (SSSR count). The Morgan fingerprint density at radius 1 is 1.36 bits per heavy atom. The van der Waals surface area contributed by atoms with E-state index in [1.165, 1.54) is 16.9 Å². The van der Waals surface area contributed by atoms with E-state index in [1.54, 1.807) is 23.3 Å². The van der Waals surface area contributed by atoms with Crippen molar-refractivity contribution >= 4 is 38.8 Å². The smallest absolute Gasteiger partial charge is 0.268 e. The molecule has 7 heteroatoms. The molecule has 0 fully saturated rings. The molecule has 114 valence electrons. The molecule has 3 aromatic rings. The van der Waals surface area contributed by atoms with Crippen LogP contribution in [0.1, 0.15) is 17.8 Å². The molecule has 0 aliphatic rings. The Labute approximate surface area is 135 Å². The molecule has 1 amide bonds.